The van der Waals surface area contributed by atoms with Gasteiger partial charge in [0, 0.05) is 37.6 Å². The first kappa shape index (κ1) is 17.3. The number of nitrogens with zero attached hydrogens (tertiary/aromatic N) is 2. The topological polar surface area (TPSA) is 35.9 Å². The van der Waals surface area contributed by atoms with Crippen molar-refractivity contribution in [3.05, 3.63) is 29.8 Å². The molecule has 1 fully saturated rings. The lowest BCUT2D eigenvalue weighted by atomic mass is 10.0. The summed E-state index contributed by atoms with van der Waals surface area (Å²) in [5.41, 5.74) is 1.40. The Balaban J connectivity index is 1.87. The molecule has 1 N–H and O–H groups in total. The molecule has 22 heavy (non-hydrogen) atoms. The van der Waals surface area contributed by atoms with E-state index in [1.54, 1.807) is 7.11 Å². The van der Waals surface area contributed by atoms with E-state index in [-0.39, 0.29) is 11.6 Å². The van der Waals surface area contributed by atoms with Gasteiger partial charge in [-0.2, -0.15) is 0 Å². The minimum absolute atomic E-state index is 0.129. The van der Waals surface area contributed by atoms with Gasteiger partial charge in [-0.05, 0) is 45.5 Å². The largest absolute Gasteiger partial charge is 0.497 e. The Labute approximate surface area is 134 Å². The zero-order valence-electron chi connectivity index (χ0n) is 14.5. The predicted molar refractivity (Wildman–Crippen MR) is 90.2 cm³/mol. The van der Waals surface area contributed by atoms with Crippen molar-refractivity contribution < 1.29 is 9.84 Å². The molecular weight excluding hydrogens is 276 g/mol. The maximum atomic E-state index is 10.3. The highest BCUT2D eigenvalue weighted by atomic mass is 16.5. The van der Waals surface area contributed by atoms with Gasteiger partial charge in [0.2, 0.25) is 0 Å². The van der Waals surface area contributed by atoms with Crippen LogP contribution in [0.2, 0.25) is 0 Å². The first-order chi connectivity index (χ1) is 10.3. The summed E-state index contributed by atoms with van der Waals surface area (Å²) in [6.07, 6.45) is -0.224. The monoisotopic (exact) mass is 306 g/mol. The molecule has 0 spiro atoms. The third-order valence-corrected chi connectivity index (χ3v) is 4.51. The van der Waals surface area contributed by atoms with E-state index in [0.29, 0.717) is 5.92 Å². The molecule has 0 radical (unpaired) electrons. The van der Waals surface area contributed by atoms with Gasteiger partial charge < -0.3 is 14.7 Å². The normalized spacial score (nSPS) is 23.2. The second kappa shape index (κ2) is 6.99. The number of likely N-dealkylation sites (tertiary alicyclic amines) is 1. The van der Waals surface area contributed by atoms with Gasteiger partial charge in [-0.25, -0.2) is 0 Å². The Hall–Kier alpha value is -1.10. The highest BCUT2D eigenvalue weighted by Crippen LogP contribution is 2.25. The van der Waals surface area contributed by atoms with Crippen LogP contribution < -0.4 is 4.74 Å². The van der Waals surface area contributed by atoms with Crippen LogP contribution in [-0.2, 0) is 6.54 Å². The summed E-state index contributed by atoms with van der Waals surface area (Å²) in [6, 6.07) is 8.19. The summed E-state index contributed by atoms with van der Waals surface area (Å²) >= 11 is 0. The highest BCUT2D eigenvalue weighted by molar-refractivity contribution is 5.27. The van der Waals surface area contributed by atoms with Crippen LogP contribution in [0.3, 0.4) is 0 Å². The fourth-order valence-corrected chi connectivity index (χ4v) is 3.09. The van der Waals surface area contributed by atoms with Gasteiger partial charge in [0.15, 0.2) is 0 Å². The zero-order chi connectivity index (χ0) is 16.3. The van der Waals surface area contributed by atoms with Crippen LogP contribution in [0.1, 0.15) is 26.3 Å². The molecule has 0 saturated carbocycles. The number of ether oxygens (including phenoxy) is 1. The first-order valence-electron chi connectivity index (χ1n) is 8.04. The molecule has 0 aromatic heterocycles. The molecular formula is C18H30N2O2. The number of benzene rings is 1. The van der Waals surface area contributed by atoms with Gasteiger partial charge in [-0.3, -0.25) is 4.90 Å². The van der Waals surface area contributed by atoms with Crippen LogP contribution >= 0.6 is 0 Å². The summed E-state index contributed by atoms with van der Waals surface area (Å²) in [5, 5.41) is 10.3. The summed E-state index contributed by atoms with van der Waals surface area (Å²) < 4.78 is 5.19. The van der Waals surface area contributed by atoms with Crippen molar-refractivity contribution in [2.45, 2.75) is 39.0 Å². The number of aliphatic hydroxyl groups is 1. The number of methoxy groups -OCH3 is 1. The summed E-state index contributed by atoms with van der Waals surface area (Å²) in [7, 11) is 3.81. The summed E-state index contributed by atoms with van der Waals surface area (Å²) in [6.45, 7) is 10.2. The lowest BCUT2D eigenvalue weighted by Gasteiger charge is -2.31. The summed E-state index contributed by atoms with van der Waals surface area (Å²) in [4.78, 5) is 4.67. The number of hydrogen-bond acceptors (Lipinski definition) is 4. The van der Waals surface area contributed by atoms with Crippen LogP contribution in [0.4, 0.5) is 0 Å². The molecule has 0 unspecified atom stereocenters. The maximum Gasteiger partial charge on any atom is 0.118 e. The highest BCUT2D eigenvalue weighted by Gasteiger charge is 2.36. The number of aliphatic hydroxyl groups excluding tert-OH is 1. The molecule has 1 aromatic carbocycles. The van der Waals surface area contributed by atoms with Crippen molar-refractivity contribution in [2.75, 3.05) is 33.8 Å². The minimum Gasteiger partial charge on any atom is -0.497 e. The molecule has 1 saturated heterocycles. The van der Waals surface area contributed by atoms with Gasteiger partial charge in [-0.1, -0.05) is 12.1 Å². The summed E-state index contributed by atoms with van der Waals surface area (Å²) in [5.74, 6) is 1.21. The molecule has 1 aliphatic heterocycles. The van der Waals surface area contributed by atoms with E-state index >= 15 is 0 Å². The zero-order valence-corrected chi connectivity index (χ0v) is 14.5. The van der Waals surface area contributed by atoms with E-state index in [1.165, 1.54) is 5.56 Å². The van der Waals surface area contributed by atoms with Crippen molar-refractivity contribution in [1.29, 1.82) is 0 Å². The molecule has 0 amide bonds. The molecule has 2 atom stereocenters. The van der Waals surface area contributed by atoms with E-state index in [4.69, 9.17) is 4.74 Å². The molecule has 4 nitrogen and oxygen atoms in total. The average Bonchev–Trinajstić information content (AvgIpc) is 2.81. The van der Waals surface area contributed by atoms with E-state index < -0.39 is 0 Å². The number of rotatable bonds is 5. The van der Waals surface area contributed by atoms with Gasteiger partial charge in [0.25, 0.3) is 0 Å². The Morgan fingerprint density at radius 3 is 2.36 bits per heavy atom. The molecule has 1 heterocycles. The van der Waals surface area contributed by atoms with Gasteiger partial charge >= 0.3 is 0 Å². The van der Waals surface area contributed by atoms with Crippen LogP contribution in [0.15, 0.2) is 24.3 Å². The molecule has 124 valence electrons. The second-order valence-corrected chi connectivity index (χ2v) is 7.45. The van der Waals surface area contributed by atoms with Gasteiger partial charge in [-0.15, -0.1) is 0 Å². The van der Waals surface area contributed by atoms with Crippen LogP contribution in [0, 0.1) is 5.92 Å². The predicted octanol–water partition coefficient (Wildman–Crippen LogP) is 2.22. The Morgan fingerprint density at radius 2 is 1.86 bits per heavy atom. The molecule has 4 heteroatoms. The Bertz CT molecular complexity index is 467. The van der Waals surface area contributed by atoms with Crippen molar-refractivity contribution in [1.82, 2.24) is 9.80 Å². The van der Waals surface area contributed by atoms with Crippen LogP contribution in [0.25, 0.3) is 0 Å². The minimum atomic E-state index is -0.224. The van der Waals surface area contributed by atoms with Crippen LogP contribution in [-0.4, -0.2) is 60.3 Å². The first-order valence-corrected chi connectivity index (χ1v) is 8.04. The fraction of sp³-hybridized carbons (Fsp3) is 0.667. The van der Waals surface area contributed by atoms with Crippen molar-refractivity contribution in [3.8, 4) is 5.75 Å². The Kier molecular flexibility index (Phi) is 5.48. The average molecular weight is 306 g/mol. The van der Waals surface area contributed by atoms with E-state index in [0.717, 1.165) is 31.9 Å². The number of β-amino-alcohol motifs (C(OH)–C–C–N with tert-alkyl or cyclic N) is 1. The lowest BCUT2D eigenvalue weighted by molar-refractivity contribution is 0.112. The van der Waals surface area contributed by atoms with Gasteiger partial charge in [0.1, 0.15) is 5.75 Å². The van der Waals surface area contributed by atoms with Gasteiger partial charge in [0.05, 0.1) is 13.2 Å². The standard InChI is InChI=1S/C18H30N2O2/c1-18(2,3)20-12-15(17(21)13-20)11-19(4)10-14-6-8-16(22-5)9-7-14/h6-9,15,17,21H,10-13H2,1-5H3/t15-,17-/m0/s1. The molecule has 0 bridgehead atoms. The third-order valence-electron chi connectivity index (χ3n) is 4.51. The van der Waals surface area contributed by atoms with E-state index in [2.05, 4.69) is 49.8 Å². The maximum absolute atomic E-state index is 10.3. The van der Waals surface area contributed by atoms with Crippen LogP contribution in [0.5, 0.6) is 5.75 Å². The molecule has 1 aliphatic rings. The third kappa shape index (κ3) is 4.45. The molecule has 2 rings (SSSR count). The van der Waals surface area contributed by atoms with E-state index in [1.807, 2.05) is 12.1 Å². The quantitative estimate of drug-likeness (QED) is 0.905. The van der Waals surface area contributed by atoms with Crippen molar-refractivity contribution in [3.63, 3.8) is 0 Å². The second-order valence-electron chi connectivity index (χ2n) is 7.45. The van der Waals surface area contributed by atoms with Crippen molar-refractivity contribution >= 4 is 0 Å². The fourth-order valence-electron chi connectivity index (χ4n) is 3.09. The SMILES string of the molecule is COc1ccc(CN(C)C[C@H]2CN(C(C)(C)C)C[C@@H]2O)cc1. The smallest absolute Gasteiger partial charge is 0.118 e. The van der Waals surface area contributed by atoms with Crippen molar-refractivity contribution in [2.24, 2.45) is 5.92 Å². The molecule has 1 aromatic rings. The number of hydrogen-bond donors (Lipinski definition) is 1. The van der Waals surface area contributed by atoms with E-state index in [9.17, 15) is 5.11 Å². The lowest BCUT2D eigenvalue weighted by Crippen LogP contribution is -2.40. The Morgan fingerprint density at radius 1 is 1.23 bits per heavy atom. The molecule has 0 aliphatic carbocycles.